The summed E-state index contributed by atoms with van der Waals surface area (Å²) in [4.78, 5) is 28.1. The summed E-state index contributed by atoms with van der Waals surface area (Å²) >= 11 is 6.20. The van der Waals surface area contributed by atoms with Gasteiger partial charge in [0.05, 0.1) is 29.9 Å². The van der Waals surface area contributed by atoms with Crippen molar-refractivity contribution in [1.82, 2.24) is 4.90 Å². The van der Waals surface area contributed by atoms with E-state index in [1.807, 2.05) is 38.1 Å². The first-order valence-corrected chi connectivity index (χ1v) is 11.8. The molecule has 1 aliphatic heterocycles. The van der Waals surface area contributed by atoms with Crippen LogP contribution >= 0.6 is 11.6 Å². The van der Waals surface area contributed by atoms with E-state index in [-0.39, 0.29) is 17.4 Å². The van der Waals surface area contributed by atoms with Crippen LogP contribution in [0.2, 0.25) is 5.02 Å². The van der Waals surface area contributed by atoms with Crippen LogP contribution in [-0.4, -0.2) is 41.0 Å². The Bertz CT molecular complexity index is 1070. The Morgan fingerprint density at radius 1 is 1.03 bits per heavy atom. The molecule has 1 amide bonds. The van der Waals surface area contributed by atoms with E-state index in [0.717, 1.165) is 31.2 Å². The Morgan fingerprint density at radius 3 is 2.33 bits per heavy atom. The maximum absolute atomic E-state index is 13.2. The zero-order valence-corrected chi connectivity index (χ0v) is 19.6. The van der Waals surface area contributed by atoms with Crippen molar-refractivity contribution < 1.29 is 24.2 Å². The summed E-state index contributed by atoms with van der Waals surface area (Å²) in [5, 5.41) is 11.7. The third-order valence-electron chi connectivity index (χ3n) is 6.21. The first-order valence-electron chi connectivity index (χ1n) is 11.4. The van der Waals surface area contributed by atoms with Gasteiger partial charge >= 0.3 is 0 Å². The number of ether oxygens (including phenoxy) is 2. The number of Topliss-reactive ketones (excluding diaryl/α,β-unsaturated/α-hetero) is 1. The van der Waals surface area contributed by atoms with Crippen molar-refractivity contribution in [1.29, 1.82) is 0 Å². The highest BCUT2D eigenvalue weighted by Crippen LogP contribution is 2.44. The van der Waals surface area contributed by atoms with Gasteiger partial charge in [0, 0.05) is 11.6 Å². The number of carbonyl (C=O) groups excluding carboxylic acids is 2. The molecule has 1 unspecified atom stereocenters. The van der Waals surface area contributed by atoms with Crippen LogP contribution in [0.4, 0.5) is 0 Å². The average molecular weight is 470 g/mol. The molecule has 4 rings (SSSR count). The molecule has 0 spiro atoms. The summed E-state index contributed by atoms with van der Waals surface area (Å²) in [6.07, 6.45) is 3.71. The minimum Gasteiger partial charge on any atom is -0.507 e. The highest BCUT2D eigenvalue weighted by Gasteiger charge is 2.49. The van der Waals surface area contributed by atoms with Crippen molar-refractivity contribution in [3.8, 4) is 11.5 Å². The van der Waals surface area contributed by atoms with Crippen LogP contribution in [0.3, 0.4) is 0 Å². The normalized spacial score (nSPS) is 20.5. The first-order chi connectivity index (χ1) is 16.0. The van der Waals surface area contributed by atoms with Crippen LogP contribution in [0.15, 0.2) is 48.0 Å². The van der Waals surface area contributed by atoms with E-state index in [0.29, 0.717) is 35.3 Å². The number of hydrogen-bond donors (Lipinski definition) is 1. The lowest BCUT2D eigenvalue weighted by atomic mass is 9.94. The van der Waals surface area contributed by atoms with Crippen molar-refractivity contribution in [2.75, 3.05) is 13.2 Å². The third-order valence-corrected chi connectivity index (χ3v) is 6.52. The monoisotopic (exact) mass is 469 g/mol. The molecule has 174 valence electrons. The third kappa shape index (κ3) is 4.44. The molecule has 2 aromatic carbocycles. The Balaban J connectivity index is 1.84. The number of carbonyl (C=O) groups is 2. The molecule has 33 heavy (non-hydrogen) atoms. The number of nitrogens with zero attached hydrogens (tertiary/aromatic N) is 1. The van der Waals surface area contributed by atoms with Crippen LogP contribution in [0.25, 0.3) is 5.76 Å². The van der Waals surface area contributed by atoms with Crippen LogP contribution in [0, 0.1) is 0 Å². The van der Waals surface area contributed by atoms with E-state index >= 15 is 0 Å². The first kappa shape index (κ1) is 23.2. The quantitative estimate of drug-likeness (QED) is 0.329. The van der Waals surface area contributed by atoms with Gasteiger partial charge < -0.3 is 19.5 Å². The summed E-state index contributed by atoms with van der Waals surface area (Å²) in [5.41, 5.74) is 1.22. The molecule has 0 radical (unpaired) electrons. The number of halogens is 1. The fourth-order valence-corrected chi connectivity index (χ4v) is 4.89. The largest absolute Gasteiger partial charge is 0.507 e. The van der Waals surface area contributed by atoms with Crippen molar-refractivity contribution in [3.63, 3.8) is 0 Å². The van der Waals surface area contributed by atoms with Crippen molar-refractivity contribution in [2.24, 2.45) is 0 Å². The smallest absolute Gasteiger partial charge is 0.295 e. The number of likely N-dealkylation sites (tertiary alicyclic amines) is 1. The zero-order chi connectivity index (χ0) is 23.5. The van der Waals surface area contributed by atoms with Crippen LogP contribution in [0.1, 0.15) is 56.7 Å². The van der Waals surface area contributed by atoms with E-state index in [1.54, 1.807) is 23.1 Å². The van der Waals surface area contributed by atoms with Crippen molar-refractivity contribution >= 4 is 29.1 Å². The second-order valence-electron chi connectivity index (χ2n) is 8.22. The average Bonchev–Trinajstić information content (AvgIpc) is 3.43. The molecule has 7 heteroatoms. The number of rotatable bonds is 7. The predicted octanol–water partition coefficient (Wildman–Crippen LogP) is 5.50. The Morgan fingerprint density at radius 2 is 1.70 bits per heavy atom. The lowest BCUT2D eigenvalue weighted by Gasteiger charge is -2.30. The molecule has 6 nitrogen and oxygen atoms in total. The minimum absolute atomic E-state index is 0.0347. The molecule has 2 aliphatic rings. The van der Waals surface area contributed by atoms with E-state index < -0.39 is 17.7 Å². The van der Waals surface area contributed by atoms with Gasteiger partial charge in [-0.1, -0.05) is 36.6 Å². The second-order valence-corrected chi connectivity index (χ2v) is 8.63. The van der Waals surface area contributed by atoms with Gasteiger partial charge in [-0.2, -0.15) is 0 Å². The number of aliphatic hydroxyl groups is 1. The molecule has 0 aromatic heterocycles. The summed E-state index contributed by atoms with van der Waals surface area (Å²) in [6.45, 7) is 4.69. The van der Waals surface area contributed by atoms with E-state index in [9.17, 15) is 14.7 Å². The molecule has 2 aromatic rings. The van der Waals surface area contributed by atoms with Gasteiger partial charge in [-0.15, -0.1) is 0 Å². The Labute approximate surface area is 198 Å². The van der Waals surface area contributed by atoms with Crippen LogP contribution in [-0.2, 0) is 9.59 Å². The zero-order valence-electron chi connectivity index (χ0n) is 18.8. The fraction of sp³-hybridized carbons (Fsp3) is 0.385. The van der Waals surface area contributed by atoms with E-state index in [4.69, 9.17) is 21.1 Å². The molecule has 2 fully saturated rings. The highest BCUT2D eigenvalue weighted by atomic mass is 35.5. The molecule has 1 saturated heterocycles. The molecule has 1 heterocycles. The topological polar surface area (TPSA) is 76.1 Å². The predicted molar refractivity (Wildman–Crippen MR) is 127 cm³/mol. The standard InChI is InChI=1S/C26H28ClNO5/c1-3-32-19-12-9-16(10-13-19)23-22(25(30)26(31)28(23)18-7-5-6-8-18)24(29)17-11-14-20(27)21(15-17)33-4-2/h9-15,18,23,29H,3-8H2,1-2H3/b24-22-. The molecule has 0 bridgehead atoms. The van der Waals surface area contributed by atoms with Crippen molar-refractivity contribution in [3.05, 3.63) is 64.2 Å². The molecule has 1 N–H and O–H groups in total. The Hall–Kier alpha value is -2.99. The second kappa shape index (κ2) is 9.87. The summed E-state index contributed by atoms with van der Waals surface area (Å²) in [7, 11) is 0. The number of aliphatic hydroxyl groups excluding tert-OH is 1. The molecule has 1 saturated carbocycles. The number of hydrogen-bond acceptors (Lipinski definition) is 5. The van der Waals surface area contributed by atoms with Gasteiger partial charge in [0.25, 0.3) is 11.7 Å². The molecule has 1 atom stereocenters. The van der Waals surface area contributed by atoms with Gasteiger partial charge in [-0.3, -0.25) is 9.59 Å². The minimum atomic E-state index is -0.675. The summed E-state index contributed by atoms with van der Waals surface area (Å²) in [6, 6.07) is 11.5. The lowest BCUT2D eigenvalue weighted by Crippen LogP contribution is -2.37. The molecular weight excluding hydrogens is 442 g/mol. The fourth-order valence-electron chi connectivity index (χ4n) is 4.72. The Kier molecular flexibility index (Phi) is 6.94. The van der Waals surface area contributed by atoms with Gasteiger partial charge in [-0.25, -0.2) is 0 Å². The summed E-state index contributed by atoms with van der Waals surface area (Å²) in [5.74, 6) is -0.359. The molecule has 1 aliphatic carbocycles. The number of ketones is 1. The van der Waals surface area contributed by atoms with Gasteiger partial charge in [0.15, 0.2) is 0 Å². The van der Waals surface area contributed by atoms with E-state index in [1.165, 1.54) is 0 Å². The number of benzene rings is 2. The lowest BCUT2D eigenvalue weighted by molar-refractivity contribution is -0.141. The van der Waals surface area contributed by atoms with Crippen molar-refractivity contribution in [2.45, 2.75) is 51.6 Å². The maximum atomic E-state index is 13.2. The molecular formula is C26H28ClNO5. The van der Waals surface area contributed by atoms with Gasteiger partial charge in [-0.05, 0) is 62.6 Å². The van der Waals surface area contributed by atoms with E-state index in [2.05, 4.69) is 0 Å². The summed E-state index contributed by atoms with van der Waals surface area (Å²) < 4.78 is 11.1. The van der Waals surface area contributed by atoms with Gasteiger partial charge in [0.2, 0.25) is 0 Å². The maximum Gasteiger partial charge on any atom is 0.295 e. The highest BCUT2D eigenvalue weighted by molar-refractivity contribution is 6.46. The SMILES string of the molecule is CCOc1ccc(C2/C(=C(/O)c3ccc(Cl)c(OCC)c3)C(=O)C(=O)N2C2CCCC2)cc1. The van der Waals surface area contributed by atoms with Crippen LogP contribution < -0.4 is 9.47 Å². The van der Waals surface area contributed by atoms with Gasteiger partial charge in [0.1, 0.15) is 17.3 Å². The number of amides is 1. The van der Waals surface area contributed by atoms with Crippen LogP contribution in [0.5, 0.6) is 11.5 Å².